The van der Waals surface area contributed by atoms with Crippen LogP contribution in [0.5, 0.6) is 0 Å². The average molecular weight is 345 g/mol. The molecule has 0 unspecified atom stereocenters. The lowest BCUT2D eigenvalue weighted by molar-refractivity contribution is -0.146. The van der Waals surface area contributed by atoms with Gasteiger partial charge in [-0.15, -0.1) is 0 Å². The second-order valence-electron chi connectivity index (χ2n) is 7.17. The summed E-state index contributed by atoms with van der Waals surface area (Å²) in [6.45, 7) is 10.1. The van der Waals surface area contributed by atoms with Crippen molar-refractivity contribution in [2.24, 2.45) is 5.92 Å². The van der Waals surface area contributed by atoms with E-state index in [1.807, 2.05) is 20.8 Å². The zero-order valence-electron chi connectivity index (χ0n) is 15.9. The Kier molecular flexibility index (Phi) is 11.5. The molecule has 0 bridgehead atoms. The molecule has 24 heavy (non-hydrogen) atoms. The van der Waals surface area contributed by atoms with Gasteiger partial charge in [-0.05, 0) is 40.5 Å². The molecule has 0 fully saturated rings. The predicted octanol–water partition coefficient (Wildman–Crippen LogP) is 3.98. The van der Waals surface area contributed by atoms with Crippen molar-refractivity contribution in [1.82, 2.24) is 5.32 Å². The molecule has 0 radical (unpaired) electrons. The van der Waals surface area contributed by atoms with Gasteiger partial charge in [0.25, 0.3) is 0 Å². The number of carboxylic acid groups (broad SMARTS) is 1. The Morgan fingerprint density at radius 1 is 1.12 bits per heavy atom. The highest BCUT2D eigenvalue weighted by molar-refractivity contribution is 5.70. The number of hydrogen-bond donors (Lipinski definition) is 2. The van der Waals surface area contributed by atoms with Crippen LogP contribution in [-0.2, 0) is 14.3 Å². The molecule has 142 valence electrons. The van der Waals surface area contributed by atoms with Crippen molar-refractivity contribution in [1.29, 1.82) is 0 Å². The SMILES string of the molecule is CCCCCC[C@@H](OCCCNC(=O)OC(C)(C)C)[C@H](C)C(=O)O. The molecule has 1 amide bonds. The van der Waals surface area contributed by atoms with E-state index >= 15 is 0 Å². The summed E-state index contributed by atoms with van der Waals surface area (Å²) in [6, 6.07) is 0. The first-order chi connectivity index (χ1) is 11.2. The number of amides is 1. The van der Waals surface area contributed by atoms with Crippen molar-refractivity contribution in [3.63, 3.8) is 0 Å². The third-order valence-corrected chi connectivity index (χ3v) is 3.61. The van der Waals surface area contributed by atoms with Crippen LogP contribution in [0.25, 0.3) is 0 Å². The highest BCUT2D eigenvalue weighted by atomic mass is 16.6. The third-order valence-electron chi connectivity index (χ3n) is 3.61. The molecule has 0 rings (SSSR count). The zero-order valence-corrected chi connectivity index (χ0v) is 15.9. The number of ether oxygens (including phenoxy) is 2. The van der Waals surface area contributed by atoms with Crippen molar-refractivity contribution < 1.29 is 24.2 Å². The van der Waals surface area contributed by atoms with E-state index in [0.717, 1.165) is 32.1 Å². The minimum atomic E-state index is -0.831. The van der Waals surface area contributed by atoms with Crippen molar-refractivity contribution in [2.45, 2.75) is 84.8 Å². The molecule has 0 aliphatic heterocycles. The van der Waals surface area contributed by atoms with Gasteiger partial charge in [-0.25, -0.2) is 4.79 Å². The third kappa shape index (κ3) is 12.2. The number of carbonyl (C=O) groups is 2. The lowest BCUT2D eigenvalue weighted by atomic mass is 9.98. The van der Waals surface area contributed by atoms with Crippen LogP contribution in [0, 0.1) is 5.92 Å². The number of nitrogens with one attached hydrogen (secondary N) is 1. The van der Waals surface area contributed by atoms with E-state index < -0.39 is 23.6 Å². The molecule has 2 N–H and O–H groups in total. The summed E-state index contributed by atoms with van der Waals surface area (Å²) in [6.07, 6.45) is 5.04. The minimum Gasteiger partial charge on any atom is -0.481 e. The van der Waals surface area contributed by atoms with Crippen LogP contribution in [0.3, 0.4) is 0 Å². The molecule has 0 aliphatic rings. The van der Waals surface area contributed by atoms with Crippen LogP contribution in [-0.4, -0.2) is 42.0 Å². The van der Waals surface area contributed by atoms with Crippen molar-refractivity contribution in [3.8, 4) is 0 Å². The summed E-state index contributed by atoms with van der Waals surface area (Å²) in [4.78, 5) is 22.7. The molecule has 0 aromatic rings. The maximum atomic E-state index is 11.5. The molecule has 6 heteroatoms. The summed E-state index contributed by atoms with van der Waals surface area (Å²) >= 11 is 0. The second-order valence-corrected chi connectivity index (χ2v) is 7.17. The fourth-order valence-corrected chi connectivity index (χ4v) is 2.22. The van der Waals surface area contributed by atoms with Crippen molar-refractivity contribution in [3.05, 3.63) is 0 Å². The highest BCUT2D eigenvalue weighted by Crippen LogP contribution is 2.16. The van der Waals surface area contributed by atoms with Gasteiger partial charge in [0.05, 0.1) is 12.0 Å². The Balaban J connectivity index is 4.04. The van der Waals surface area contributed by atoms with Gasteiger partial charge in [-0.3, -0.25) is 4.79 Å². The van der Waals surface area contributed by atoms with Gasteiger partial charge in [0.1, 0.15) is 5.60 Å². The Labute approximate surface area is 146 Å². The van der Waals surface area contributed by atoms with Crippen LogP contribution < -0.4 is 5.32 Å². The van der Waals surface area contributed by atoms with E-state index in [1.165, 1.54) is 0 Å². The molecule has 0 saturated carbocycles. The molecule has 0 aromatic heterocycles. The molecular formula is C18H35NO5. The summed E-state index contributed by atoms with van der Waals surface area (Å²) in [5.41, 5.74) is -0.513. The predicted molar refractivity (Wildman–Crippen MR) is 94.2 cm³/mol. The lowest BCUT2D eigenvalue weighted by Gasteiger charge is -2.22. The number of hydrogen-bond acceptors (Lipinski definition) is 4. The fraction of sp³-hybridized carbons (Fsp3) is 0.889. The van der Waals surface area contributed by atoms with Gasteiger partial charge in [0, 0.05) is 13.2 Å². The number of aliphatic carboxylic acids is 1. The van der Waals surface area contributed by atoms with Crippen LogP contribution >= 0.6 is 0 Å². The lowest BCUT2D eigenvalue weighted by Crippen LogP contribution is -2.34. The van der Waals surface area contributed by atoms with Crippen LogP contribution in [0.15, 0.2) is 0 Å². The molecule has 0 heterocycles. The molecule has 0 aliphatic carbocycles. The van der Waals surface area contributed by atoms with Gasteiger partial charge in [0.2, 0.25) is 0 Å². The molecule has 6 nitrogen and oxygen atoms in total. The molecule has 2 atom stereocenters. The van der Waals surface area contributed by atoms with E-state index in [0.29, 0.717) is 19.6 Å². The molecule has 0 saturated heterocycles. The Bertz CT molecular complexity index is 365. The maximum Gasteiger partial charge on any atom is 0.407 e. The number of rotatable bonds is 12. The van der Waals surface area contributed by atoms with Gasteiger partial charge >= 0.3 is 12.1 Å². The van der Waals surface area contributed by atoms with Gasteiger partial charge < -0.3 is 19.9 Å². The Hall–Kier alpha value is -1.30. The number of carbonyl (C=O) groups excluding carboxylic acids is 1. The standard InChI is InChI=1S/C18H35NO5/c1-6-7-8-9-11-15(14(2)16(20)21)23-13-10-12-19-17(22)24-18(3,4)5/h14-15H,6-13H2,1-5H3,(H,19,22)(H,20,21)/t14-,15+/m0/s1. The van der Waals surface area contributed by atoms with Gasteiger partial charge in [-0.2, -0.15) is 0 Å². The Morgan fingerprint density at radius 2 is 1.79 bits per heavy atom. The minimum absolute atomic E-state index is 0.277. The van der Waals surface area contributed by atoms with Crippen LogP contribution in [0.2, 0.25) is 0 Å². The molecule has 0 aromatic carbocycles. The van der Waals surface area contributed by atoms with Crippen LogP contribution in [0.1, 0.15) is 73.1 Å². The first-order valence-corrected chi connectivity index (χ1v) is 8.98. The Morgan fingerprint density at radius 3 is 2.33 bits per heavy atom. The second kappa shape index (κ2) is 12.1. The number of alkyl carbamates (subject to hydrolysis) is 1. The highest BCUT2D eigenvalue weighted by Gasteiger charge is 2.23. The quantitative estimate of drug-likeness (QED) is 0.523. The summed E-state index contributed by atoms with van der Waals surface area (Å²) in [7, 11) is 0. The topological polar surface area (TPSA) is 84.9 Å². The van der Waals surface area contributed by atoms with E-state index in [-0.39, 0.29) is 6.10 Å². The van der Waals surface area contributed by atoms with Crippen molar-refractivity contribution in [2.75, 3.05) is 13.2 Å². The summed E-state index contributed by atoms with van der Waals surface area (Å²) < 4.78 is 10.9. The first kappa shape index (κ1) is 22.7. The smallest absolute Gasteiger partial charge is 0.407 e. The van der Waals surface area contributed by atoms with E-state index in [1.54, 1.807) is 6.92 Å². The average Bonchev–Trinajstić information content (AvgIpc) is 2.46. The van der Waals surface area contributed by atoms with E-state index in [4.69, 9.17) is 9.47 Å². The largest absolute Gasteiger partial charge is 0.481 e. The number of carboxylic acids is 1. The van der Waals surface area contributed by atoms with Crippen molar-refractivity contribution >= 4 is 12.1 Å². The van der Waals surface area contributed by atoms with Crippen LogP contribution in [0.4, 0.5) is 4.79 Å². The van der Waals surface area contributed by atoms with E-state index in [9.17, 15) is 14.7 Å². The molecular weight excluding hydrogens is 310 g/mol. The molecule has 0 spiro atoms. The zero-order chi connectivity index (χ0) is 18.6. The maximum absolute atomic E-state index is 11.5. The van der Waals surface area contributed by atoms with E-state index in [2.05, 4.69) is 12.2 Å². The van der Waals surface area contributed by atoms with Gasteiger partial charge in [-0.1, -0.05) is 32.6 Å². The van der Waals surface area contributed by atoms with Gasteiger partial charge in [0.15, 0.2) is 0 Å². The normalized spacial score (nSPS) is 14.0. The monoisotopic (exact) mass is 345 g/mol. The first-order valence-electron chi connectivity index (χ1n) is 8.98. The fourth-order valence-electron chi connectivity index (χ4n) is 2.22. The summed E-state index contributed by atoms with van der Waals surface area (Å²) in [5.74, 6) is -1.35. The number of unbranched alkanes of at least 4 members (excludes halogenated alkanes) is 3. The summed E-state index contributed by atoms with van der Waals surface area (Å²) in [5, 5.41) is 11.9.